The molecule has 0 unspecified atom stereocenters. The predicted octanol–water partition coefficient (Wildman–Crippen LogP) is 3.48. The highest BCUT2D eigenvalue weighted by atomic mass is 16.2. The van der Waals surface area contributed by atoms with Crippen LogP contribution >= 0.6 is 0 Å². The van der Waals surface area contributed by atoms with E-state index in [-0.39, 0.29) is 5.91 Å². The van der Waals surface area contributed by atoms with Gasteiger partial charge in [-0.1, -0.05) is 25.7 Å². The van der Waals surface area contributed by atoms with Crippen LogP contribution in [0, 0.1) is 0 Å². The summed E-state index contributed by atoms with van der Waals surface area (Å²) >= 11 is 0. The zero-order chi connectivity index (χ0) is 15.2. The van der Waals surface area contributed by atoms with Crippen molar-refractivity contribution in [3.63, 3.8) is 0 Å². The van der Waals surface area contributed by atoms with Gasteiger partial charge in [-0.2, -0.15) is 0 Å². The largest absolute Gasteiger partial charge is 0.370 e. The van der Waals surface area contributed by atoms with Crippen molar-refractivity contribution < 1.29 is 4.79 Å². The van der Waals surface area contributed by atoms with Gasteiger partial charge >= 0.3 is 0 Å². The van der Waals surface area contributed by atoms with Crippen molar-refractivity contribution in [2.24, 2.45) is 0 Å². The van der Waals surface area contributed by atoms with E-state index in [1.165, 1.54) is 38.5 Å². The summed E-state index contributed by atoms with van der Waals surface area (Å²) in [5.41, 5.74) is 1.76. The van der Waals surface area contributed by atoms with E-state index in [1.807, 2.05) is 17.2 Å². The molecule has 0 atom stereocenters. The van der Waals surface area contributed by atoms with Gasteiger partial charge in [0.2, 0.25) is 0 Å². The average Bonchev–Trinajstić information content (AvgIpc) is 2.99. The van der Waals surface area contributed by atoms with E-state index in [4.69, 9.17) is 0 Å². The molecule has 1 aromatic heterocycles. The molecule has 0 radical (unpaired) electrons. The van der Waals surface area contributed by atoms with Crippen LogP contribution in [-0.4, -0.2) is 42.0 Å². The molecule has 2 aliphatic heterocycles. The van der Waals surface area contributed by atoms with Crippen LogP contribution in [0.15, 0.2) is 18.3 Å². The number of carbonyl (C=O) groups excluding carboxylic acids is 1. The van der Waals surface area contributed by atoms with E-state index in [2.05, 4.69) is 16.0 Å². The third-order valence-corrected chi connectivity index (χ3v) is 4.83. The fraction of sp³-hybridized carbons (Fsp3) is 0.667. The summed E-state index contributed by atoms with van der Waals surface area (Å²) < 4.78 is 0. The van der Waals surface area contributed by atoms with Crippen LogP contribution in [0.1, 0.15) is 61.9 Å². The third kappa shape index (κ3) is 3.79. The normalized spacial score (nSPS) is 20.4. The SMILES string of the molecule is O=C(c1ccc(N2CCCCCC2)cn1)N1CCCCCC1. The van der Waals surface area contributed by atoms with Gasteiger partial charge in [-0.3, -0.25) is 4.79 Å². The lowest BCUT2D eigenvalue weighted by Crippen LogP contribution is -2.32. The van der Waals surface area contributed by atoms with Gasteiger partial charge < -0.3 is 9.80 Å². The van der Waals surface area contributed by atoms with E-state index in [9.17, 15) is 4.79 Å². The van der Waals surface area contributed by atoms with Gasteiger partial charge in [0, 0.05) is 26.2 Å². The van der Waals surface area contributed by atoms with E-state index >= 15 is 0 Å². The Labute approximate surface area is 133 Å². The highest BCUT2D eigenvalue weighted by molar-refractivity contribution is 5.92. The van der Waals surface area contributed by atoms with Gasteiger partial charge in [-0.25, -0.2) is 4.98 Å². The third-order valence-electron chi connectivity index (χ3n) is 4.83. The lowest BCUT2D eigenvalue weighted by Gasteiger charge is -2.23. The van der Waals surface area contributed by atoms with Gasteiger partial charge in [0.15, 0.2) is 0 Å². The Morgan fingerprint density at radius 3 is 1.95 bits per heavy atom. The Bertz CT molecular complexity index is 470. The summed E-state index contributed by atoms with van der Waals surface area (Å²) in [6.45, 7) is 3.99. The Morgan fingerprint density at radius 2 is 1.41 bits per heavy atom. The Kier molecular flexibility index (Phi) is 5.30. The molecule has 22 heavy (non-hydrogen) atoms. The summed E-state index contributed by atoms with van der Waals surface area (Å²) in [6.07, 6.45) is 11.8. The van der Waals surface area contributed by atoms with Crippen LogP contribution in [0.25, 0.3) is 0 Å². The molecule has 3 heterocycles. The number of likely N-dealkylation sites (tertiary alicyclic amines) is 1. The first-order valence-corrected chi connectivity index (χ1v) is 8.85. The van der Waals surface area contributed by atoms with Gasteiger partial charge in [0.25, 0.3) is 5.91 Å². The van der Waals surface area contributed by atoms with Crippen molar-refractivity contribution >= 4 is 11.6 Å². The number of carbonyl (C=O) groups is 1. The van der Waals surface area contributed by atoms with Crippen LogP contribution in [-0.2, 0) is 0 Å². The number of hydrogen-bond acceptors (Lipinski definition) is 3. The lowest BCUT2D eigenvalue weighted by molar-refractivity contribution is 0.0756. The molecule has 0 N–H and O–H groups in total. The summed E-state index contributed by atoms with van der Waals surface area (Å²) in [5, 5.41) is 0. The van der Waals surface area contributed by atoms with E-state index in [0.29, 0.717) is 5.69 Å². The molecule has 0 aliphatic carbocycles. The minimum absolute atomic E-state index is 0.101. The first-order valence-electron chi connectivity index (χ1n) is 8.85. The summed E-state index contributed by atoms with van der Waals surface area (Å²) in [6, 6.07) is 3.98. The fourth-order valence-corrected chi connectivity index (χ4v) is 3.46. The number of pyridine rings is 1. The topological polar surface area (TPSA) is 36.4 Å². The zero-order valence-corrected chi connectivity index (χ0v) is 13.5. The molecular weight excluding hydrogens is 274 g/mol. The van der Waals surface area contributed by atoms with E-state index in [1.54, 1.807) is 0 Å². The predicted molar refractivity (Wildman–Crippen MR) is 89.3 cm³/mol. The smallest absolute Gasteiger partial charge is 0.272 e. The first kappa shape index (κ1) is 15.3. The second kappa shape index (κ2) is 7.61. The van der Waals surface area contributed by atoms with Crippen molar-refractivity contribution in [1.82, 2.24) is 9.88 Å². The second-order valence-electron chi connectivity index (χ2n) is 6.51. The quantitative estimate of drug-likeness (QED) is 0.839. The Balaban J connectivity index is 1.66. The molecule has 1 amide bonds. The Morgan fingerprint density at radius 1 is 0.818 bits per heavy atom. The van der Waals surface area contributed by atoms with Crippen molar-refractivity contribution in [2.45, 2.75) is 51.4 Å². The molecule has 0 aromatic carbocycles. The second-order valence-corrected chi connectivity index (χ2v) is 6.51. The van der Waals surface area contributed by atoms with Gasteiger partial charge in [-0.15, -0.1) is 0 Å². The zero-order valence-electron chi connectivity index (χ0n) is 13.5. The van der Waals surface area contributed by atoms with Crippen LogP contribution in [0.2, 0.25) is 0 Å². The number of amides is 1. The van der Waals surface area contributed by atoms with Crippen molar-refractivity contribution in [2.75, 3.05) is 31.1 Å². The maximum Gasteiger partial charge on any atom is 0.272 e. The molecule has 3 rings (SSSR count). The summed E-state index contributed by atoms with van der Waals surface area (Å²) in [7, 11) is 0. The minimum Gasteiger partial charge on any atom is -0.370 e. The van der Waals surface area contributed by atoms with E-state index < -0.39 is 0 Å². The Hall–Kier alpha value is -1.58. The number of anilines is 1. The van der Waals surface area contributed by atoms with Crippen LogP contribution in [0.4, 0.5) is 5.69 Å². The molecule has 4 nitrogen and oxygen atoms in total. The molecule has 2 fully saturated rings. The van der Waals surface area contributed by atoms with E-state index in [0.717, 1.165) is 44.7 Å². The van der Waals surface area contributed by atoms with Crippen LogP contribution in [0.3, 0.4) is 0 Å². The standard InChI is InChI=1S/C18H27N3O/c22-18(21-13-7-3-4-8-14-21)17-10-9-16(15-19-17)20-11-5-1-2-6-12-20/h9-10,15H,1-8,11-14H2. The van der Waals surface area contributed by atoms with Crippen molar-refractivity contribution in [3.8, 4) is 0 Å². The number of hydrogen-bond donors (Lipinski definition) is 0. The fourth-order valence-electron chi connectivity index (χ4n) is 3.46. The monoisotopic (exact) mass is 301 g/mol. The van der Waals surface area contributed by atoms with Gasteiger partial charge in [0.1, 0.15) is 5.69 Å². The molecule has 4 heteroatoms. The van der Waals surface area contributed by atoms with Crippen LogP contribution < -0.4 is 4.90 Å². The molecule has 1 aromatic rings. The minimum atomic E-state index is 0.101. The maximum absolute atomic E-state index is 12.5. The average molecular weight is 301 g/mol. The highest BCUT2D eigenvalue weighted by Crippen LogP contribution is 2.19. The van der Waals surface area contributed by atoms with Gasteiger partial charge in [0.05, 0.1) is 11.9 Å². The molecule has 0 saturated carbocycles. The first-order chi connectivity index (χ1) is 10.8. The van der Waals surface area contributed by atoms with Gasteiger partial charge in [-0.05, 0) is 37.8 Å². The van der Waals surface area contributed by atoms with Crippen molar-refractivity contribution in [3.05, 3.63) is 24.0 Å². The number of rotatable bonds is 2. The molecule has 120 valence electrons. The molecule has 0 bridgehead atoms. The van der Waals surface area contributed by atoms with Crippen LogP contribution in [0.5, 0.6) is 0 Å². The summed E-state index contributed by atoms with van der Waals surface area (Å²) in [5.74, 6) is 0.101. The summed E-state index contributed by atoms with van der Waals surface area (Å²) in [4.78, 5) is 21.4. The van der Waals surface area contributed by atoms with Crippen molar-refractivity contribution in [1.29, 1.82) is 0 Å². The number of aromatic nitrogens is 1. The highest BCUT2D eigenvalue weighted by Gasteiger charge is 2.19. The molecule has 0 spiro atoms. The molecule has 2 saturated heterocycles. The number of nitrogens with zero attached hydrogens (tertiary/aromatic N) is 3. The maximum atomic E-state index is 12.5. The molecular formula is C18H27N3O. The lowest BCUT2D eigenvalue weighted by atomic mass is 10.2. The molecule has 2 aliphatic rings.